The summed E-state index contributed by atoms with van der Waals surface area (Å²) in [6.45, 7) is 10.4. The Bertz CT molecular complexity index is 596. The number of hydrogen-bond acceptors (Lipinski definition) is 1. The Morgan fingerprint density at radius 1 is 1.05 bits per heavy atom. The van der Waals surface area contributed by atoms with Crippen molar-refractivity contribution in [3.63, 3.8) is 0 Å². The predicted molar refractivity (Wildman–Crippen MR) is 82.3 cm³/mol. The maximum absolute atomic E-state index is 4.48. The second kappa shape index (κ2) is 5.83. The van der Waals surface area contributed by atoms with Gasteiger partial charge in [0.15, 0.2) is 0 Å². The molecule has 0 aliphatic heterocycles. The predicted octanol–water partition coefficient (Wildman–Crippen LogP) is 4.58. The van der Waals surface area contributed by atoms with Crippen LogP contribution in [0.5, 0.6) is 0 Å². The maximum atomic E-state index is 4.48. The smallest absolute Gasteiger partial charge is 0.0734 e. The van der Waals surface area contributed by atoms with Gasteiger partial charge in [-0.05, 0) is 42.5 Å². The van der Waals surface area contributed by atoms with E-state index < -0.39 is 0 Å². The number of hydrogen-bond donors (Lipinski definition) is 0. The molecule has 0 spiro atoms. The third-order valence-electron chi connectivity index (χ3n) is 3.43. The van der Waals surface area contributed by atoms with Crippen molar-refractivity contribution in [1.29, 1.82) is 0 Å². The van der Waals surface area contributed by atoms with Crippen LogP contribution in [0, 0.1) is 6.92 Å². The number of fused-ring (bicyclic) bond motifs is 2. The summed E-state index contributed by atoms with van der Waals surface area (Å²) in [4.78, 5) is 4.48. The zero-order valence-electron chi connectivity index (χ0n) is 12.0. The first-order valence-corrected chi connectivity index (χ1v) is 6.99. The van der Waals surface area contributed by atoms with Crippen LogP contribution >= 0.6 is 0 Å². The molecule has 1 aromatic carbocycles. The van der Waals surface area contributed by atoms with Crippen molar-refractivity contribution in [1.82, 2.24) is 4.98 Å². The lowest BCUT2D eigenvalue weighted by atomic mass is 9.97. The Morgan fingerprint density at radius 3 is 2.58 bits per heavy atom. The average Bonchev–Trinajstić information content (AvgIpc) is 2.59. The monoisotopic (exact) mass is 251 g/mol. The normalized spacial score (nSPS) is 12.7. The molecule has 1 aromatic heterocycles. The average molecular weight is 251 g/mol. The summed E-state index contributed by atoms with van der Waals surface area (Å²) in [5.41, 5.74) is 7.41. The van der Waals surface area contributed by atoms with Gasteiger partial charge in [-0.1, -0.05) is 50.3 Å². The molecule has 1 aliphatic carbocycles. The lowest BCUT2D eigenvalue weighted by Crippen LogP contribution is -1.94. The molecule has 0 atom stereocenters. The van der Waals surface area contributed by atoms with Crippen LogP contribution in [0.4, 0.5) is 0 Å². The second-order valence-corrected chi connectivity index (χ2v) is 4.65. The van der Waals surface area contributed by atoms with Crippen LogP contribution in [0.15, 0.2) is 43.1 Å². The standard InChI is InChI=1S/C16H15N.C2H6/c1-11-5-8-15-12(2)16-13(4-3-9-17-16)6-7-14(15)10-11;1-2/h3-5,8-10H,2,6-7H2,1H3;1-2H3. The van der Waals surface area contributed by atoms with Gasteiger partial charge >= 0.3 is 0 Å². The minimum atomic E-state index is 1.05. The SMILES string of the molecule is C=C1c2ccc(C)cc2CCc2cccnc21.CC. The van der Waals surface area contributed by atoms with E-state index in [2.05, 4.69) is 42.8 Å². The Hall–Kier alpha value is -1.89. The fraction of sp³-hybridized carbons (Fsp3) is 0.278. The molecule has 1 aliphatic rings. The summed E-state index contributed by atoms with van der Waals surface area (Å²) in [7, 11) is 0. The molecule has 0 unspecified atom stereocenters. The van der Waals surface area contributed by atoms with Crippen molar-refractivity contribution in [2.24, 2.45) is 0 Å². The summed E-state index contributed by atoms with van der Waals surface area (Å²) in [5.74, 6) is 0. The summed E-state index contributed by atoms with van der Waals surface area (Å²) in [6, 6.07) is 10.8. The van der Waals surface area contributed by atoms with Crippen molar-refractivity contribution >= 4 is 5.57 Å². The zero-order chi connectivity index (χ0) is 13.8. The molecule has 0 fully saturated rings. The summed E-state index contributed by atoms with van der Waals surface area (Å²) >= 11 is 0. The summed E-state index contributed by atoms with van der Waals surface area (Å²) in [6.07, 6.45) is 3.98. The van der Waals surface area contributed by atoms with E-state index in [1.54, 1.807) is 0 Å². The quantitative estimate of drug-likeness (QED) is 0.668. The van der Waals surface area contributed by atoms with Crippen molar-refractivity contribution in [2.75, 3.05) is 0 Å². The summed E-state index contributed by atoms with van der Waals surface area (Å²) < 4.78 is 0. The lowest BCUT2D eigenvalue weighted by Gasteiger charge is -2.09. The molecule has 1 heterocycles. The van der Waals surface area contributed by atoms with Gasteiger partial charge in [-0.25, -0.2) is 0 Å². The van der Waals surface area contributed by atoms with E-state index in [4.69, 9.17) is 0 Å². The highest BCUT2D eigenvalue weighted by molar-refractivity contribution is 5.80. The molecular formula is C18H21N. The van der Waals surface area contributed by atoms with Gasteiger partial charge in [0.05, 0.1) is 5.69 Å². The van der Waals surface area contributed by atoms with Crippen LogP contribution < -0.4 is 0 Å². The molecule has 0 bridgehead atoms. The molecule has 0 saturated carbocycles. The van der Waals surface area contributed by atoms with E-state index in [9.17, 15) is 0 Å². The van der Waals surface area contributed by atoms with Crippen LogP contribution in [-0.2, 0) is 12.8 Å². The molecule has 98 valence electrons. The first-order valence-electron chi connectivity index (χ1n) is 6.99. The number of nitrogens with zero attached hydrogens (tertiary/aromatic N) is 1. The van der Waals surface area contributed by atoms with E-state index in [0.29, 0.717) is 0 Å². The zero-order valence-corrected chi connectivity index (χ0v) is 12.0. The van der Waals surface area contributed by atoms with E-state index in [1.807, 2.05) is 26.1 Å². The highest BCUT2D eigenvalue weighted by atomic mass is 14.7. The van der Waals surface area contributed by atoms with E-state index in [0.717, 1.165) is 24.1 Å². The third kappa shape index (κ3) is 2.60. The van der Waals surface area contributed by atoms with E-state index in [1.165, 1.54) is 22.3 Å². The van der Waals surface area contributed by atoms with Crippen LogP contribution in [0.3, 0.4) is 0 Å². The van der Waals surface area contributed by atoms with Crippen molar-refractivity contribution in [3.05, 3.63) is 71.1 Å². The Balaban J connectivity index is 0.000000637. The van der Waals surface area contributed by atoms with Gasteiger partial charge in [0.1, 0.15) is 0 Å². The van der Waals surface area contributed by atoms with Gasteiger partial charge in [0.25, 0.3) is 0 Å². The van der Waals surface area contributed by atoms with Gasteiger partial charge in [-0.2, -0.15) is 0 Å². The number of benzene rings is 1. The third-order valence-corrected chi connectivity index (χ3v) is 3.43. The van der Waals surface area contributed by atoms with Gasteiger partial charge in [-0.15, -0.1) is 0 Å². The fourth-order valence-electron chi connectivity index (χ4n) is 2.53. The van der Waals surface area contributed by atoms with Gasteiger partial charge in [-0.3, -0.25) is 4.98 Å². The van der Waals surface area contributed by atoms with E-state index in [-0.39, 0.29) is 0 Å². The minimum absolute atomic E-state index is 1.05. The van der Waals surface area contributed by atoms with Crippen molar-refractivity contribution in [3.8, 4) is 0 Å². The van der Waals surface area contributed by atoms with E-state index >= 15 is 0 Å². The molecule has 3 rings (SSSR count). The molecule has 1 nitrogen and oxygen atoms in total. The second-order valence-electron chi connectivity index (χ2n) is 4.65. The molecule has 0 saturated heterocycles. The number of rotatable bonds is 0. The van der Waals surface area contributed by atoms with Gasteiger partial charge in [0, 0.05) is 11.8 Å². The van der Waals surface area contributed by atoms with Crippen LogP contribution in [0.25, 0.3) is 5.57 Å². The largest absolute Gasteiger partial charge is 0.256 e. The Kier molecular flexibility index (Phi) is 4.16. The van der Waals surface area contributed by atoms with Crippen molar-refractivity contribution in [2.45, 2.75) is 33.6 Å². The molecule has 0 amide bonds. The number of aryl methyl sites for hydroxylation is 3. The summed E-state index contributed by atoms with van der Waals surface area (Å²) in [5, 5.41) is 0. The molecule has 2 aromatic rings. The Labute approximate surface area is 116 Å². The molecule has 0 N–H and O–H groups in total. The highest BCUT2D eigenvalue weighted by Crippen LogP contribution is 2.31. The van der Waals surface area contributed by atoms with Crippen molar-refractivity contribution < 1.29 is 0 Å². The topological polar surface area (TPSA) is 12.9 Å². The highest BCUT2D eigenvalue weighted by Gasteiger charge is 2.17. The van der Waals surface area contributed by atoms with Crippen LogP contribution in [-0.4, -0.2) is 4.98 Å². The minimum Gasteiger partial charge on any atom is -0.256 e. The van der Waals surface area contributed by atoms with Crippen LogP contribution in [0.2, 0.25) is 0 Å². The number of pyridine rings is 1. The molecule has 1 heteroatoms. The first-order chi connectivity index (χ1) is 9.25. The molecule has 19 heavy (non-hydrogen) atoms. The molecule has 0 radical (unpaired) electrons. The first kappa shape index (κ1) is 13.5. The Morgan fingerprint density at radius 2 is 1.79 bits per heavy atom. The number of aromatic nitrogens is 1. The molecular weight excluding hydrogens is 230 g/mol. The van der Waals surface area contributed by atoms with Gasteiger partial charge in [0.2, 0.25) is 0 Å². The van der Waals surface area contributed by atoms with Gasteiger partial charge < -0.3 is 0 Å². The lowest BCUT2D eigenvalue weighted by molar-refractivity contribution is 0.953. The van der Waals surface area contributed by atoms with Crippen LogP contribution in [0.1, 0.15) is 41.8 Å². The fourth-order valence-corrected chi connectivity index (χ4v) is 2.53. The maximum Gasteiger partial charge on any atom is 0.0734 e.